The first-order valence-electron chi connectivity index (χ1n) is 6.83. The van der Waals surface area contributed by atoms with E-state index in [1.807, 2.05) is 0 Å². The number of nitrogens with zero attached hydrogens (tertiary/aromatic N) is 1. The predicted octanol–water partition coefficient (Wildman–Crippen LogP) is -3.35. The summed E-state index contributed by atoms with van der Waals surface area (Å²) >= 11 is 3.86. The van der Waals surface area contributed by atoms with Crippen molar-refractivity contribution in [3.63, 3.8) is 0 Å². The summed E-state index contributed by atoms with van der Waals surface area (Å²) < 4.78 is 0. The second-order valence-electron chi connectivity index (χ2n) is 5.25. The summed E-state index contributed by atoms with van der Waals surface area (Å²) in [5.41, 5.74) is 10.5. The van der Waals surface area contributed by atoms with E-state index in [4.69, 9.17) is 16.6 Å². The first kappa shape index (κ1) is 19.2. The van der Waals surface area contributed by atoms with Gasteiger partial charge in [-0.1, -0.05) is 0 Å². The van der Waals surface area contributed by atoms with Gasteiger partial charge >= 0.3 is 5.97 Å². The van der Waals surface area contributed by atoms with Crippen molar-refractivity contribution in [2.24, 2.45) is 11.5 Å². The number of hydrogen-bond acceptors (Lipinski definition) is 7. The number of carboxylic acids is 1. The van der Waals surface area contributed by atoms with Crippen LogP contribution in [0.2, 0.25) is 0 Å². The second kappa shape index (κ2) is 8.13. The number of nitrogens with two attached hydrogens (primary N) is 2. The zero-order chi connectivity index (χ0) is 17.7. The van der Waals surface area contributed by atoms with Crippen LogP contribution in [0.3, 0.4) is 0 Å². The van der Waals surface area contributed by atoms with Crippen molar-refractivity contribution >= 4 is 36.3 Å². The molecular formula is C12H20N4O6S. The Morgan fingerprint density at radius 2 is 1.96 bits per heavy atom. The molecule has 0 aromatic rings. The van der Waals surface area contributed by atoms with Gasteiger partial charge in [-0.15, -0.1) is 0 Å². The quantitative estimate of drug-likeness (QED) is 0.260. The summed E-state index contributed by atoms with van der Waals surface area (Å²) in [7, 11) is 0. The Balaban J connectivity index is 2.92. The lowest BCUT2D eigenvalue weighted by Gasteiger charge is -2.27. The van der Waals surface area contributed by atoms with Crippen LogP contribution >= 0.6 is 12.6 Å². The number of thiol groups is 1. The number of aliphatic hydroxyl groups excluding tert-OH is 1. The van der Waals surface area contributed by atoms with Gasteiger partial charge in [0.25, 0.3) is 0 Å². The fraction of sp³-hybridized carbons (Fsp3) is 0.667. The lowest BCUT2D eigenvalue weighted by molar-refractivity contribution is -0.149. The van der Waals surface area contributed by atoms with Crippen LogP contribution in [0.5, 0.6) is 0 Å². The highest BCUT2D eigenvalue weighted by molar-refractivity contribution is 7.80. The fourth-order valence-electron chi connectivity index (χ4n) is 2.25. The number of amides is 3. The number of primary amides is 1. The predicted molar refractivity (Wildman–Crippen MR) is 81.3 cm³/mol. The highest BCUT2D eigenvalue weighted by Crippen LogP contribution is 2.20. The number of carboxylic acid groups (broad SMARTS) is 1. The largest absolute Gasteiger partial charge is 0.480 e. The SMILES string of the molecule is NC(=O)C[C@H](NC(=O)[C@@H](N)CS)C(=O)N1C[C@H](O)C[C@H]1C(=O)O. The van der Waals surface area contributed by atoms with E-state index in [1.54, 1.807) is 0 Å². The van der Waals surface area contributed by atoms with Crippen molar-refractivity contribution in [2.45, 2.75) is 37.1 Å². The zero-order valence-electron chi connectivity index (χ0n) is 12.2. The highest BCUT2D eigenvalue weighted by atomic mass is 32.1. The van der Waals surface area contributed by atoms with E-state index >= 15 is 0 Å². The molecular weight excluding hydrogens is 328 g/mol. The van der Waals surface area contributed by atoms with E-state index in [1.165, 1.54) is 0 Å². The fourth-order valence-corrected chi connectivity index (χ4v) is 2.42. The number of likely N-dealkylation sites (tertiary alicyclic amines) is 1. The van der Waals surface area contributed by atoms with Crippen molar-refractivity contribution in [2.75, 3.05) is 12.3 Å². The molecule has 0 bridgehead atoms. The minimum atomic E-state index is -1.35. The van der Waals surface area contributed by atoms with Gasteiger partial charge < -0.3 is 31.9 Å². The molecule has 1 heterocycles. The lowest BCUT2D eigenvalue weighted by Crippen LogP contribution is -2.55. The Bertz CT molecular complexity index is 502. The molecule has 11 heteroatoms. The molecule has 0 saturated carbocycles. The summed E-state index contributed by atoms with van der Waals surface area (Å²) in [4.78, 5) is 47.4. The Morgan fingerprint density at radius 1 is 1.35 bits per heavy atom. The molecule has 4 atom stereocenters. The third-order valence-corrected chi connectivity index (χ3v) is 3.79. The summed E-state index contributed by atoms with van der Waals surface area (Å²) in [6.07, 6.45) is -1.64. The van der Waals surface area contributed by atoms with Gasteiger partial charge in [-0.3, -0.25) is 14.4 Å². The van der Waals surface area contributed by atoms with Crippen LogP contribution in [0.4, 0.5) is 0 Å². The molecule has 3 amide bonds. The number of aliphatic hydroxyl groups is 1. The van der Waals surface area contributed by atoms with Crippen LogP contribution in [-0.2, 0) is 19.2 Å². The van der Waals surface area contributed by atoms with Crippen LogP contribution in [0.25, 0.3) is 0 Å². The van der Waals surface area contributed by atoms with E-state index in [9.17, 15) is 24.3 Å². The molecule has 10 nitrogen and oxygen atoms in total. The average Bonchev–Trinajstić information content (AvgIpc) is 2.86. The van der Waals surface area contributed by atoms with Crippen LogP contribution in [0, 0.1) is 0 Å². The molecule has 1 fully saturated rings. The van der Waals surface area contributed by atoms with Gasteiger partial charge in [0.15, 0.2) is 0 Å². The number of carbonyl (C=O) groups excluding carboxylic acids is 3. The van der Waals surface area contributed by atoms with E-state index < -0.39 is 54.3 Å². The Morgan fingerprint density at radius 3 is 2.43 bits per heavy atom. The second-order valence-corrected chi connectivity index (χ2v) is 5.62. The molecule has 0 unspecified atom stereocenters. The highest BCUT2D eigenvalue weighted by Gasteiger charge is 2.42. The third-order valence-electron chi connectivity index (χ3n) is 3.40. The average molecular weight is 348 g/mol. The first-order chi connectivity index (χ1) is 10.7. The maximum Gasteiger partial charge on any atom is 0.326 e. The maximum absolute atomic E-state index is 12.5. The van der Waals surface area contributed by atoms with Gasteiger partial charge in [0.2, 0.25) is 17.7 Å². The Hall–Kier alpha value is -1.85. The molecule has 0 aliphatic carbocycles. The molecule has 0 aromatic carbocycles. The normalized spacial score (nSPS) is 23.2. The van der Waals surface area contributed by atoms with Gasteiger partial charge in [-0.2, -0.15) is 12.6 Å². The van der Waals surface area contributed by atoms with Crippen molar-refractivity contribution in [1.82, 2.24) is 10.2 Å². The number of nitrogens with one attached hydrogen (secondary N) is 1. The van der Waals surface area contributed by atoms with Crippen LogP contribution < -0.4 is 16.8 Å². The summed E-state index contributed by atoms with van der Waals surface area (Å²) in [5, 5.41) is 21.0. The number of rotatable bonds is 7. The van der Waals surface area contributed by atoms with Crippen molar-refractivity contribution in [3.8, 4) is 0 Å². The van der Waals surface area contributed by atoms with Gasteiger partial charge in [0.1, 0.15) is 12.1 Å². The summed E-state index contributed by atoms with van der Waals surface area (Å²) in [5.74, 6) is -3.65. The van der Waals surface area contributed by atoms with Crippen LogP contribution in [-0.4, -0.2) is 75.3 Å². The molecule has 130 valence electrons. The molecule has 0 spiro atoms. The minimum Gasteiger partial charge on any atom is -0.480 e. The zero-order valence-corrected chi connectivity index (χ0v) is 13.1. The Labute approximate surface area is 137 Å². The topological polar surface area (TPSA) is 176 Å². The molecule has 1 aliphatic rings. The molecule has 1 rings (SSSR count). The van der Waals surface area contributed by atoms with E-state index in [0.717, 1.165) is 4.90 Å². The number of carbonyl (C=O) groups is 4. The van der Waals surface area contributed by atoms with Crippen molar-refractivity contribution in [3.05, 3.63) is 0 Å². The van der Waals surface area contributed by atoms with Gasteiger partial charge in [-0.05, 0) is 0 Å². The lowest BCUT2D eigenvalue weighted by atomic mass is 10.1. The van der Waals surface area contributed by atoms with Gasteiger partial charge in [0, 0.05) is 18.7 Å². The van der Waals surface area contributed by atoms with Crippen LogP contribution in [0.15, 0.2) is 0 Å². The van der Waals surface area contributed by atoms with E-state index in [-0.39, 0.29) is 18.7 Å². The van der Waals surface area contributed by atoms with E-state index in [0.29, 0.717) is 0 Å². The summed E-state index contributed by atoms with van der Waals surface area (Å²) in [6, 6.07) is -3.58. The monoisotopic (exact) mass is 348 g/mol. The molecule has 0 radical (unpaired) electrons. The Kier molecular flexibility index (Phi) is 6.79. The van der Waals surface area contributed by atoms with Crippen LogP contribution in [0.1, 0.15) is 12.8 Å². The molecule has 23 heavy (non-hydrogen) atoms. The molecule has 1 saturated heterocycles. The van der Waals surface area contributed by atoms with Crippen molar-refractivity contribution < 1.29 is 29.4 Å². The van der Waals surface area contributed by atoms with Gasteiger partial charge in [0.05, 0.1) is 18.6 Å². The third kappa shape index (κ3) is 5.08. The molecule has 1 aliphatic heterocycles. The number of hydrogen-bond donors (Lipinski definition) is 6. The standard InChI is InChI=1S/C12H20N4O6S/c13-6(4-23)10(19)15-7(2-9(14)18)11(20)16-3-5(17)1-8(16)12(21)22/h5-8,17,23H,1-4,13H2,(H2,14,18)(H,15,19)(H,21,22)/t5-,6+,7+,8+/m1/s1. The first-order valence-corrected chi connectivity index (χ1v) is 7.47. The van der Waals surface area contributed by atoms with Crippen molar-refractivity contribution in [1.29, 1.82) is 0 Å². The van der Waals surface area contributed by atoms with E-state index in [2.05, 4.69) is 17.9 Å². The smallest absolute Gasteiger partial charge is 0.326 e. The minimum absolute atomic E-state index is 0.0174. The number of β-amino-alcohol motifs (C(OH)–C–C–N with tert-alkyl or cyclic N) is 1. The van der Waals surface area contributed by atoms with Gasteiger partial charge in [-0.25, -0.2) is 4.79 Å². The summed E-state index contributed by atoms with van der Waals surface area (Å²) in [6.45, 7) is -0.209. The number of aliphatic carboxylic acids is 1. The molecule has 0 aromatic heterocycles. The maximum atomic E-state index is 12.5. The molecule has 7 N–H and O–H groups in total.